The van der Waals surface area contributed by atoms with Crippen molar-refractivity contribution < 1.29 is 14.4 Å². The van der Waals surface area contributed by atoms with E-state index in [1.807, 2.05) is 82.3 Å². The fourth-order valence-corrected chi connectivity index (χ4v) is 5.10. The van der Waals surface area contributed by atoms with Crippen LogP contribution in [-0.4, -0.2) is 41.2 Å². The topological polar surface area (TPSA) is 69.7 Å². The van der Waals surface area contributed by atoms with Gasteiger partial charge in [-0.05, 0) is 56.2 Å². The molecule has 2 unspecified atom stereocenters. The van der Waals surface area contributed by atoms with Gasteiger partial charge in [0.15, 0.2) is 0 Å². The van der Waals surface area contributed by atoms with E-state index in [9.17, 15) is 14.4 Å². The zero-order chi connectivity index (χ0) is 26.5. The minimum atomic E-state index is -0.548. The lowest BCUT2D eigenvalue weighted by Gasteiger charge is -2.32. The minimum Gasteiger partial charge on any atom is -0.352 e. The van der Waals surface area contributed by atoms with E-state index < -0.39 is 6.04 Å². The molecular weight excluding hydrogens is 462 g/mol. The Bertz CT molecular complexity index is 1300. The zero-order valence-corrected chi connectivity index (χ0v) is 22.3. The Morgan fingerprint density at radius 1 is 1.00 bits per heavy atom. The van der Waals surface area contributed by atoms with Crippen LogP contribution in [0.4, 0.5) is 5.69 Å². The highest BCUT2D eigenvalue weighted by Crippen LogP contribution is 2.37. The first-order valence-corrected chi connectivity index (χ1v) is 13.3. The molecule has 3 amide bonds. The van der Waals surface area contributed by atoms with Gasteiger partial charge in [0.05, 0.1) is 5.69 Å². The van der Waals surface area contributed by atoms with E-state index >= 15 is 0 Å². The maximum atomic E-state index is 13.6. The van der Waals surface area contributed by atoms with Crippen molar-refractivity contribution in [3.63, 3.8) is 0 Å². The second-order valence-corrected chi connectivity index (χ2v) is 9.99. The molecule has 0 aromatic heterocycles. The van der Waals surface area contributed by atoms with Crippen molar-refractivity contribution in [2.75, 3.05) is 11.4 Å². The minimum absolute atomic E-state index is 0.0183. The molecule has 0 aliphatic carbocycles. The van der Waals surface area contributed by atoms with E-state index in [1.54, 1.807) is 9.80 Å². The number of rotatable bonds is 11. The summed E-state index contributed by atoms with van der Waals surface area (Å²) in [6.45, 7) is 8.79. The number of carbonyl (C=O) groups is 3. The SMILES string of the molecule is CCC(C)NC(=O)C(CC)N(Cc1cccc(C)c1)C(=O)CCCN1C(=O)c2cccc3cccc1c23. The van der Waals surface area contributed by atoms with Crippen LogP contribution in [0.2, 0.25) is 0 Å². The summed E-state index contributed by atoms with van der Waals surface area (Å²) in [5.74, 6) is -0.208. The van der Waals surface area contributed by atoms with Gasteiger partial charge in [-0.25, -0.2) is 0 Å². The third-order valence-electron chi connectivity index (χ3n) is 7.24. The van der Waals surface area contributed by atoms with Crippen molar-refractivity contribution in [2.24, 2.45) is 0 Å². The smallest absolute Gasteiger partial charge is 0.258 e. The maximum Gasteiger partial charge on any atom is 0.258 e. The molecule has 6 heteroatoms. The summed E-state index contributed by atoms with van der Waals surface area (Å²) >= 11 is 0. The molecule has 2 atom stereocenters. The Balaban J connectivity index is 1.49. The molecule has 37 heavy (non-hydrogen) atoms. The molecule has 1 heterocycles. The fraction of sp³-hybridized carbons (Fsp3) is 0.387. The normalized spacial score (nSPS) is 14.1. The predicted octanol–water partition coefficient (Wildman–Crippen LogP) is 5.61. The monoisotopic (exact) mass is 499 g/mol. The van der Waals surface area contributed by atoms with E-state index in [2.05, 4.69) is 11.4 Å². The second kappa shape index (κ2) is 11.6. The van der Waals surface area contributed by atoms with Gasteiger partial charge in [-0.2, -0.15) is 0 Å². The number of nitrogens with zero attached hydrogens (tertiary/aromatic N) is 2. The summed E-state index contributed by atoms with van der Waals surface area (Å²) in [5.41, 5.74) is 3.73. The predicted molar refractivity (Wildman–Crippen MR) is 149 cm³/mol. The molecule has 3 aromatic rings. The number of nitrogens with one attached hydrogen (secondary N) is 1. The molecule has 0 spiro atoms. The molecule has 3 aromatic carbocycles. The first-order chi connectivity index (χ1) is 17.8. The van der Waals surface area contributed by atoms with Gasteiger partial charge >= 0.3 is 0 Å². The molecule has 1 aliphatic rings. The van der Waals surface area contributed by atoms with Crippen molar-refractivity contribution >= 4 is 34.2 Å². The lowest BCUT2D eigenvalue weighted by atomic mass is 10.1. The molecule has 0 saturated heterocycles. The highest BCUT2D eigenvalue weighted by Gasteiger charge is 2.31. The van der Waals surface area contributed by atoms with E-state index in [-0.39, 0.29) is 30.2 Å². The number of carbonyl (C=O) groups excluding carboxylic acids is 3. The van der Waals surface area contributed by atoms with E-state index in [4.69, 9.17) is 0 Å². The van der Waals surface area contributed by atoms with Crippen LogP contribution < -0.4 is 10.2 Å². The zero-order valence-electron chi connectivity index (χ0n) is 22.3. The van der Waals surface area contributed by atoms with Gasteiger partial charge in [-0.3, -0.25) is 14.4 Å². The Kier molecular flexibility index (Phi) is 8.27. The molecule has 0 saturated carbocycles. The van der Waals surface area contributed by atoms with Gasteiger partial charge in [0, 0.05) is 36.5 Å². The van der Waals surface area contributed by atoms with Gasteiger partial charge < -0.3 is 15.1 Å². The van der Waals surface area contributed by atoms with E-state index in [1.165, 1.54) is 0 Å². The summed E-state index contributed by atoms with van der Waals surface area (Å²) in [5, 5.41) is 5.08. The van der Waals surface area contributed by atoms with Crippen LogP contribution >= 0.6 is 0 Å². The van der Waals surface area contributed by atoms with Crippen molar-refractivity contribution in [2.45, 2.75) is 72.0 Å². The molecular formula is C31H37N3O3. The van der Waals surface area contributed by atoms with Crippen LogP contribution in [-0.2, 0) is 16.1 Å². The number of aryl methyl sites for hydroxylation is 1. The van der Waals surface area contributed by atoms with Gasteiger partial charge in [0.2, 0.25) is 11.8 Å². The Morgan fingerprint density at radius 3 is 2.43 bits per heavy atom. The molecule has 0 fully saturated rings. The number of benzene rings is 3. The van der Waals surface area contributed by atoms with E-state index in [0.717, 1.165) is 34.0 Å². The van der Waals surface area contributed by atoms with Crippen molar-refractivity contribution in [1.82, 2.24) is 10.2 Å². The van der Waals surface area contributed by atoms with Gasteiger partial charge in [0.25, 0.3) is 5.91 Å². The number of amides is 3. The van der Waals surface area contributed by atoms with Crippen LogP contribution in [0.3, 0.4) is 0 Å². The highest BCUT2D eigenvalue weighted by atomic mass is 16.2. The Labute approximate surface area is 219 Å². The summed E-state index contributed by atoms with van der Waals surface area (Å²) in [6, 6.07) is 19.3. The second-order valence-electron chi connectivity index (χ2n) is 9.99. The highest BCUT2D eigenvalue weighted by molar-refractivity contribution is 6.25. The Morgan fingerprint density at radius 2 is 1.73 bits per heavy atom. The molecule has 1 aliphatic heterocycles. The van der Waals surface area contributed by atoms with Gasteiger partial charge in [0.1, 0.15) is 6.04 Å². The van der Waals surface area contributed by atoms with Crippen molar-refractivity contribution in [1.29, 1.82) is 0 Å². The summed E-state index contributed by atoms with van der Waals surface area (Å²) < 4.78 is 0. The van der Waals surface area contributed by atoms with Crippen molar-refractivity contribution in [3.8, 4) is 0 Å². The standard InChI is InChI=1S/C31H37N3O3/c1-5-22(4)32-30(36)26(6-2)34(20-23-12-7-11-21(3)19-23)28(35)17-10-18-33-27-16-9-14-24-13-8-15-25(29(24)27)31(33)37/h7-9,11-16,19,22,26H,5-6,10,17-18,20H2,1-4H3,(H,32,36). The fourth-order valence-electron chi connectivity index (χ4n) is 5.10. The number of hydrogen-bond acceptors (Lipinski definition) is 3. The Hall–Kier alpha value is -3.67. The van der Waals surface area contributed by atoms with Gasteiger partial charge in [-0.15, -0.1) is 0 Å². The van der Waals surface area contributed by atoms with Crippen LogP contribution in [0.25, 0.3) is 10.8 Å². The first kappa shape index (κ1) is 26.4. The summed E-state index contributed by atoms with van der Waals surface area (Å²) in [6.07, 6.45) is 2.13. The third-order valence-corrected chi connectivity index (χ3v) is 7.24. The quantitative estimate of drug-likeness (QED) is 0.373. The maximum absolute atomic E-state index is 13.6. The van der Waals surface area contributed by atoms with Crippen LogP contribution in [0.1, 0.15) is 67.9 Å². The summed E-state index contributed by atoms with van der Waals surface area (Å²) in [7, 11) is 0. The molecule has 4 rings (SSSR count). The average molecular weight is 500 g/mol. The first-order valence-electron chi connectivity index (χ1n) is 13.3. The lowest BCUT2D eigenvalue weighted by molar-refractivity contribution is -0.141. The largest absolute Gasteiger partial charge is 0.352 e. The molecule has 0 bridgehead atoms. The van der Waals surface area contributed by atoms with Crippen LogP contribution in [0.5, 0.6) is 0 Å². The van der Waals surface area contributed by atoms with Gasteiger partial charge in [-0.1, -0.05) is 67.9 Å². The number of hydrogen-bond donors (Lipinski definition) is 1. The van der Waals surface area contributed by atoms with Crippen LogP contribution in [0.15, 0.2) is 60.7 Å². The molecule has 1 N–H and O–H groups in total. The molecule has 0 radical (unpaired) electrons. The van der Waals surface area contributed by atoms with Crippen molar-refractivity contribution in [3.05, 3.63) is 77.4 Å². The summed E-state index contributed by atoms with van der Waals surface area (Å²) in [4.78, 5) is 43.4. The third kappa shape index (κ3) is 5.68. The van der Waals surface area contributed by atoms with E-state index in [0.29, 0.717) is 31.5 Å². The molecule has 194 valence electrons. The molecule has 6 nitrogen and oxygen atoms in total. The average Bonchev–Trinajstić information content (AvgIpc) is 3.16. The number of anilines is 1. The lowest BCUT2D eigenvalue weighted by Crippen LogP contribution is -2.50. The van der Waals surface area contributed by atoms with Crippen LogP contribution in [0, 0.1) is 6.92 Å².